The van der Waals surface area contributed by atoms with Crippen LogP contribution in [-0.4, -0.2) is 47.7 Å². The largest absolute Gasteiger partial charge is 0.481 e. The Kier molecular flexibility index (Phi) is 3.99. The highest BCUT2D eigenvalue weighted by Crippen LogP contribution is 2.32. The van der Waals surface area contributed by atoms with Crippen LogP contribution in [0.15, 0.2) is 0 Å². The van der Waals surface area contributed by atoms with Gasteiger partial charge in [0.05, 0.1) is 19.6 Å². The van der Waals surface area contributed by atoms with Crippen molar-refractivity contribution >= 4 is 11.9 Å². The van der Waals surface area contributed by atoms with E-state index in [1.807, 2.05) is 4.90 Å². The summed E-state index contributed by atoms with van der Waals surface area (Å²) in [5.41, 5.74) is 0. The van der Waals surface area contributed by atoms with E-state index in [2.05, 4.69) is 0 Å². The van der Waals surface area contributed by atoms with Crippen molar-refractivity contribution < 1.29 is 19.4 Å². The molecule has 96 valence electrons. The summed E-state index contributed by atoms with van der Waals surface area (Å²) in [6, 6.07) is 0.277. The molecular formula is C12H19NO4. The molecule has 0 bridgehead atoms. The highest BCUT2D eigenvalue weighted by molar-refractivity contribution is 5.81. The highest BCUT2D eigenvalue weighted by atomic mass is 16.5. The normalized spacial score (nSPS) is 28.6. The molecule has 2 aliphatic rings. The summed E-state index contributed by atoms with van der Waals surface area (Å²) in [7, 11) is 0. The van der Waals surface area contributed by atoms with Crippen molar-refractivity contribution in [1.82, 2.24) is 4.90 Å². The number of rotatable bonds is 3. The molecule has 1 saturated carbocycles. The third-order valence-electron chi connectivity index (χ3n) is 3.70. The molecule has 0 aromatic rings. The van der Waals surface area contributed by atoms with Gasteiger partial charge in [0.1, 0.15) is 0 Å². The Morgan fingerprint density at radius 2 is 2.12 bits per heavy atom. The summed E-state index contributed by atoms with van der Waals surface area (Å²) in [5, 5.41) is 8.61. The Morgan fingerprint density at radius 1 is 1.29 bits per heavy atom. The standard InChI is InChI=1S/C12H19NO4/c14-11(4-5-12(15)16)13-6-7-17-8-9-2-1-3-10(9)13/h9-10H,1-8H2,(H,15,16)/t9-,10+/m0/s1. The lowest BCUT2D eigenvalue weighted by Crippen LogP contribution is -2.42. The van der Waals surface area contributed by atoms with E-state index in [-0.39, 0.29) is 24.8 Å². The number of aliphatic carboxylic acids is 1. The minimum Gasteiger partial charge on any atom is -0.481 e. The number of amides is 1. The first-order chi connectivity index (χ1) is 8.18. The Balaban J connectivity index is 1.96. The monoisotopic (exact) mass is 241 g/mol. The molecule has 5 heteroatoms. The number of carboxylic acid groups (broad SMARTS) is 1. The summed E-state index contributed by atoms with van der Waals surface area (Å²) < 4.78 is 5.50. The van der Waals surface area contributed by atoms with Crippen LogP contribution in [0.4, 0.5) is 0 Å². The fraction of sp³-hybridized carbons (Fsp3) is 0.833. The number of hydrogen-bond donors (Lipinski definition) is 1. The smallest absolute Gasteiger partial charge is 0.303 e. The molecule has 1 amide bonds. The third-order valence-corrected chi connectivity index (χ3v) is 3.70. The van der Waals surface area contributed by atoms with Gasteiger partial charge in [-0.3, -0.25) is 9.59 Å². The molecule has 5 nitrogen and oxygen atoms in total. The topological polar surface area (TPSA) is 66.8 Å². The van der Waals surface area contributed by atoms with Crippen LogP contribution in [0.2, 0.25) is 0 Å². The van der Waals surface area contributed by atoms with Crippen molar-refractivity contribution in [1.29, 1.82) is 0 Å². The zero-order chi connectivity index (χ0) is 12.3. The zero-order valence-electron chi connectivity index (χ0n) is 9.93. The van der Waals surface area contributed by atoms with E-state index < -0.39 is 5.97 Å². The van der Waals surface area contributed by atoms with Gasteiger partial charge in [-0.2, -0.15) is 0 Å². The van der Waals surface area contributed by atoms with Gasteiger partial charge < -0.3 is 14.7 Å². The van der Waals surface area contributed by atoms with Gasteiger partial charge in [-0.15, -0.1) is 0 Å². The molecule has 17 heavy (non-hydrogen) atoms. The predicted octanol–water partition coefficient (Wildman–Crippen LogP) is 0.879. The molecule has 2 rings (SSSR count). The predicted molar refractivity (Wildman–Crippen MR) is 60.5 cm³/mol. The first-order valence-corrected chi connectivity index (χ1v) is 6.27. The van der Waals surface area contributed by atoms with Gasteiger partial charge in [-0.1, -0.05) is 6.42 Å². The van der Waals surface area contributed by atoms with Crippen LogP contribution in [-0.2, 0) is 14.3 Å². The van der Waals surface area contributed by atoms with Gasteiger partial charge >= 0.3 is 5.97 Å². The van der Waals surface area contributed by atoms with Crippen LogP contribution in [0.25, 0.3) is 0 Å². The van der Waals surface area contributed by atoms with Crippen LogP contribution in [0.5, 0.6) is 0 Å². The lowest BCUT2D eigenvalue weighted by Gasteiger charge is -2.29. The second-order valence-corrected chi connectivity index (χ2v) is 4.81. The fourth-order valence-electron chi connectivity index (χ4n) is 2.85. The molecule has 0 unspecified atom stereocenters. The molecular weight excluding hydrogens is 222 g/mol. The minimum atomic E-state index is -0.910. The van der Waals surface area contributed by atoms with Crippen LogP contribution in [0, 0.1) is 5.92 Å². The molecule has 0 aromatic heterocycles. The zero-order valence-corrected chi connectivity index (χ0v) is 9.93. The molecule has 2 fully saturated rings. The fourth-order valence-corrected chi connectivity index (χ4v) is 2.85. The van der Waals surface area contributed by atoms with Crippen molar-refractivity contribution in [3.05, 3.63) is 0 Å². The molecule has 1 heterocycles. The lowest BCUT2D eigenvalue weighted by molar-refractivity contribution is -0.141. The number of nitrogens with zero attached hydrogens (tertiary/aromatic N) is 1. The number of carboxylic acids is 1. The van der Waals surface area contributed by atoms with Gasteiger partial charge in [0, 0.05) is 24.9 Å². The van der Waals surface area contributed by atoms with Crippen molar-refractivity contribution in [3.8, 4) is 0 Å². The Labute approximate surface area is 101 Å². The number of carbonyl (C=O) groups excluding carboxylic acids is 1. The van der Waals surface area contributed by atoms with E-state index in [1.54, 1.807) is 0 Å². The summed E-state index contributed by atoms with van der Waals surface area (Å²) >= 11 is 0. The van der Waals surface area contributed by atoms with Crippen LogP contribution in [0.1, 0.15) is 32.1 Å². The van der Waals surface area contributed by atoms with Crippen molar-refractivity contribution in [2.75, 3.05) is 19.8 Å². The molecule has 2 atom stereocenters. The number of carbonyl (C=O) groups is 2. The van der Waals surface area contributed by atoms with E-state index in [9.17, 15) is 9.59 Å². The van der Waals surface area contributed by atoms with Crippen LogP contribution >= 0.6 is 0 Å². The molecule has 0 radical (unpaired) electrons. The summed E-state index contributed by atoms with van der Waals surface area (Å²) in [5.74, 6) is -0.492. The number of ether oxygens (including phenoxy) is 1. The minimum absolute atomic E-state index is 0.0326. The van der Waals surface area contributed by atoms with E-state index in [0.717, 1.165) is 25.9 Å². The summed E-state index contributed by atoms with van der Waals surface area (Å²) in [4.78, 5) is 24.3. The van der Waals surface area contributed by atoms with Gasteiger partial charge in [0.2, 0.25) is 5.91 Å². The maximum atomic E-state index is 12.0. The summed E-state index contributed by atoms with van der Waals surface area (Å²) in [6.45, 7) is 1.93. The van der Waals surface area contributed by atoms with Crippen LogP contribution < -0.4 is 0 Å². The number of hydrogen-bond acceptors (Lipinski definition) is 3. The Hall–Kier alpha value is -1.10. The second kappa shape index (κ2) is 5.49. The third kappa shape index (κ3) is 2.97. The Morgan fingerprint density at radius 3 is 2.88 bits per heavy atom. The van der Waals surface area contributed by atoms with Gasteiger partial charge in [0.25, 0.3) is 0 Å². The average Bonchev–Trinajstić information content (AvgIpc) is 2.66. The Bertz CT molecular complexity index is 305. The second-order valence-electron chi connectivity index (χ2n) is 4.81. The van der Waals surface area contributed by atoms with E-state index in [0.29, 0.717) is 19.1 Å². The molecule has 0 spiro atoms. The maximum absolute atomic E-state index is 12.0. The van der Waals surface area contributed by atoms with E-state index >= 15 is 0 Å². The summed E-state index contributed by atoms with van der Waals surface area (Å²) in [6.07, 6.45) is 3.33. The van der Waals surface area contributed by atoms with Crippen molar-refractivity contribution in [2.45, 2.75) is 38.1 Å². The van der Waals surface area contributed by atoms with E-state index in [1.165, 1.54) is 0 Å². The van der Waals surface area contributed by atoms with E-state index in [4.69, 9.17) is 9.84 Å². The molecule has 1 saturated heterocycles. The molecule has 1 aliphatic carbocycles. The van der Waals surface area contributed by atoms with Gasteiger partial charge in [-0.05, 0) is 12.8 Å². The molecule has 1 N–H and O–H groups in total. The van der Waals surface area contributed by atoms with Crippen LogP contribution in [0.3, 0.4) is 0 Å². The number of fused-ring (bicyclic) bond motifs is 1. The SMILES string of the molecule is O=C(O)CCC(=O)N1CCOC[C@@H]2CCC[C@H]21. The molecule has 0 aromatic carbocycles. The quantitative estimate of drug-likeness (QED) is 0.796. The van der Waals surface area contributed by atoms with Crippen molar-refractivity contribution in [3.63, 3.8) is 0 Å². The van der Waals surface area contributed by atoms with Crippen molar-refractivity contribution in [2.24, 2.45) is 5.92 Å². The average molecular weight is 241 g/mol. The highest BCUT2D eigenvalue weighted by Gasteiger charge is 2.36. The lowest BCUT2D eigenvalue weighted by atomic mass is 10.0. The molecule has 1 aliphatic heterocycles. The first-order valence-electron chi connectivity index (χ1n) is 6.27. The van der Waals surface area contributed by atoms with Gasteiger partial charge in [0.15, 0.2) is 0 Å². The first kappa shape index (κ1) is 12.4. The van der Waals surface area contributed by atoms with Gasteiger partial charge in [-0.25, -0.2) is 0 Å². The maximum Gasteiger partial charge on any atom is 0.303 e.